The van der Waals surface area contributed by atoms with E-state index in [0.29, 0.717) is 30.0 Å². The molecule has 2 aromatic rings. The third-order valence-corrected chi connectivity index (χ3v) is 3.03. The number of carboxylic acids is 1. The maximum Gasteiger partial charge on any atom is 0.342 e. The number of nitrogens with zero attached hydrogens (tertiary/aromatic N) is 2. The van der Waals surface area contributed by atoms with Gasteiger partial charge in [-0.1, -0.05) is 12.1 Å². The van der Waals surface area contributed by atoms with Crippen molar-refractivity contribution < 1.29 is 14.6 Å². The minimum atomic E-state index is -1.26. The van der Waals surface area contributed by atoms with Gasteiger partial charge in [-0.2, -0.15) is 5.10 Å². The average molecular weight is 288 g/mol. The smallest absolute Gasteiger partial charge is 0.342 e. The quantitative estimate of drug-likeness (QED) is 0.910. The highest BCUT2D eigenvalue weighted by Gasteiger charge is 2.18. The molecule has 2 rings (SSSR count). The molecule has 0 aliphatic carbocycles. The predicted molar refractivity (Wildman–Crippen MR) is 77.7 cm³/mol. The fourth-order valence-corrected chi connectivity index (χ4v) is 2.04. The van der Waals surface area contributed by atoms with Crippen molar-refractivity contribution in [2.75, 3.05) is 6.61 Å². The number of aromatic carboxylic acids is 1. The van der Waals surface area contributed by atoms with Crippen LogP contribution < -0.4 is 10.3 Å². The second-order valence-electron chi connectivity index (χ2n) is 4.32. The third-order valence-electron chi connectivity index (χ3n) is 3.03. The summed E-state index contributed by atoms with van der Waals surface area (Å²) in [5.41, 5.74) is 0.0522. The van der Waals surface area contributed by atoms with Gasteiger partial charge in [-0.3, -0.25) is 4.79 Å². The van der Waals surface area contributed by atoms with E-state index in [4.69, 9.17) is 4.74 Å². The number of rotatable bonds is 5. The van der Waals surface area contributed by atoms with E-state index in [2.05, 4.69) is 5.10 Å². The second-order valence-corrected chi connectivity index (χ2v) is 4.32. The number of aromatic nitrogens is 2. The Bertz CT molecular complexity index is 705. The first-order valence-electron chi connectivity index (χ1n) is 6.65. The van der Waals surface area contributed by atoms with Crippen molar-refractivity contribution in [1.82, 2.24) is 9.78 Å². The number of carbonyl (C=O) groups is 1. The van der Waals surface area contributed by atoms with Gasteiger partial charge in [-0.25, -0.2) is 9.48 Å². The normalized spacial score (nSPS) is 10.4. The zero-order chi connectivity index (χ0) is 15.4. The summed E-state index contributed by atoms with van der Waals surface area (Å²) in [6.45, 7) is 4.48. The van der Waals surface area contributed by atoms with Crippen molar-refractivity contribution in [3.63, 3.8) is 0 Å². The van der Waals surface area contributed by atoms with Crippen LogP contribution >= 0.6 is 0 Å². The van der Waals surface area contributed by atoms with E-state index in [-0.39, 0.29) is 5.56 Å². The van der Waals surface area contributed by atoms with E-state index < -0.39 is 11.5 Å². The summed E-state index contributed by atoms with van der Waals surface area (Å²) < 4.78 is 6.46. The van der Waals surface area contributed by atoms with Gasteiger partial charge in [-0.05, 0) is 31.5 Å². The fourth-order valence-electron chi connectivity index (χ4n) is 2.04. The van der Waals surface area contributed by atoms with Crippen molar-refractivity contribution >= 4 is 5.97 Å². The van der Waals surface area contributed by atoms with Crippen molar-refractivity contribution in [1.29, 1.82) is 0 Å². The van der Waals surface area contributed by atoms with Crippen molar-refractivity contribution in [3.8, 4) is 16.9 Å². The number of benzene rings is 1. The maximum absolute atomic E-state index is 12.1. The number of ether oxygens (including phenoxy) is 1. The number of hydrogen-bond acceptors (Lipinski definition) is 4. The molecule has 0 aliphatic heterocycles. The molecule has 1 aromatic heterocycles. The zero-order valence-electron chi connectivity index (χ0n) is 11.9. The van der Waals surface area contributed by atoms with Gasteiger partial charge in [0.05, 0.1) is 12.8 Å². The summed E-state index contributed by atoms with van der Waals surface area (Å²) in [5, 5.41) is 13.3. The van der Waals surface area contributed by atoms with Gasteiger partial charge in [0, 0.05) is 12.1 Å². The molecule has 0 radical (unpaired) electrons. The molecule has 0 fully saturated rings. The van der Waals surface area contributed by atoms with Gasteiger partial charge in [0.2, 0.25) is 0 Å². The van der Waals surface area contributed by atoms with Crippen LogP contribution in [0.25, 0.3) is 11.1 Å². The highest BCUT2D eigenvalue weighted by Crippen LogP contribution is 2.23. The molecular formula is C15H16N2O4. The highest BCUT2D eigenvalue weighted by atomic mass is 16.5. The summed E-state index contributed by atoms with van der Waals surface area (Å²) >= 11 is 0. The molecule has 6 heteroatoms. The first-order valence-corrected chi connectivity index (χ1v) is 6.65. The van der Waals surface area contributed by atoms with E-state index >= 15 is 0 Å². The summed E-state index contributed by atoms with van der Waals surface area (Å²) in [6.07, 6.45) is 1.41. The molecule has 6 nitrogen and oxygen atoms in total. The van der Waals surface area contributed by atoms with Crippen LogP contribution in [-0.4, -0.2) is 27.5 Å². The van der Waals surface area contributed by atoms with Crippen LogP contribution in [0.15, 0.2) is 35.3 Å². The van der Waals surface area contributed by atoms with E-state index in [1.165, 1.54) is 6.20 Å². The Morgan fingerprint density at radius 2 is 1.95 bits per heavy atom. The standard InChI is InChI=1S/C15H16N2O4/c1-3-17-14(18)13(15(19)20)12(9-16-17)10-5-7-11(8-6-10)21-4-2/h5-9H,3-4H2,1-2H3,(H,19,20). The lowest BCUT2D eigenvalue weighted by molar-refractivity contribution is 0.0694. The maximum atomic E-state index is 12.1. The Morgan fingerprint density at radius 1 is 1.29 bits per heavy atom. The van der Waals surface area contributed by atoms with Gasteiger partial charge < -0.3 is 9.84 Å². The molecule has 1 heterocycles. The zero-order valence-corrected chi connectivity index (χ0v) is 11.9. The molecular weight excluding hydrogens is 272 g/mol. The topological polar surface area (TPSA) is 81.4 Å². The lowest BCUT2D eigenvalue weighted by Gasteiger charge is -2.09. The van der Waals surface area contributed by atoms with Gasteiger partial charge in [0.25, 0.3) is 5.56 Å². The molecule has 0 saturated heterocycles. The molecule has 1 aromatic carbocycles. The lowest BCUT2D eigenvalue weighted by atomic mass is 10.0. The molecule has 0 bridgehead atoms. The van der Waals surface area contributed by atoms with Gasteiger partial charge >= 0.3 is 5.97 Å². The predicted octanol–water partition coefficient (Wildman–Crippen LogP) is 2.03. The molecule has 1 N–H and O–H groups in total. The Balaban J connectivity index is 2.55. The van der Waals surface area contributed by atoms with E-state index in [0.717, 1.165) is 4.68 Å². The van der Waals surface area contributed by atoms with Crippen LogP contribution in [0.2, 0.25) is 0 Å². The molecule has 0 atom stereocenters. The summed E-state index contributed by atoms with van der Waals surface area (Å²) in [5.74, 6) is -0.568. The fraction of sp³-hybridized carbons (Fsp3) is 0.267. The second kappa shape index (κ2) is 6.21. The Hall–Kier alpha value is -2.63. The first-order chi connectivity index (χ1) is 10.1. The van der Waals surface area contributed by atoms with E-state index in [1.54, 1.807) is 31.2 Å². The van der Waals surface area contributed by atoms with Crippen LogP contribution in [0.3, 0.4) is 0 Å². The Labute approximate surface area is 121 Å². The molecule has 110 valence electrons. The molecule has 21 heavy (non-hydrogen) atoms. The lowest BCUT2D eigenvalue weighted by Crippen LogP contribution is -2.28. The number of aryl methyl sites for hydroxylation is 1. The minimum Gasteiger partial charge on any atom is -0.494 e. The SMILES string of the molecule is CCOc1ccc(-c2cnn(CC)c(=O)c2C(=O)O)cc1. The van der Waals surface area contributed by atoms with Crippen molar-refractivity contribution in [2.45, 2.75) is 20.4 Å². The Morgan fingerprint density at radius 3 is 2.48 bits per heavy atom. The minimum absolute atomic E-state index is 0.268. The number of carboxylic acid groups (broad SMARTS) is 1. The van der Waals surface area contributed by atoms with E-state index in [1.807, 2.05) is 6.92 Å². The van der Waals surface area contributed by atoms with Crippen molar-refractivity contribution in [2.24, 2.45) is 0 Å². The summed E-state index contributed by atoms with van der Waals surface area (Å²) in [7, 11) is 0. The van der Waals surface area contributed by atoms with Gasteiger partial charge in [0.1, 0.15) is 11.3 Å². The molecule has 0 spiro atoms. The van der Waals surface area contributed by atoms with Gasteiger partial charge in [0.15, 0.2) is 0 Å². The number of hydrogen-bond donors (Lipinski definition) is 1. The molecule has 0 saturated carbocycles. The largest absolute Gasteiger partial charge is 0.494 e. The average Bonchev–Trinajstić information content (AvgIpc) is 2.47. The third kappa shape index (κ3) is 2.94. The molecule has 0 unspecified atom stereocenters. The molecule has 0 aliphatic rings. The Kier molecular flexibility index (Phi) is 4.37. The summed E-state index contributed by atoms with van der Waals surface area (Å²) in [6, 6.07) is 6.89. The van der Waals surface area contributed by atoms with Crippen LogP contribution in [0.5, 0.6) is 5.75 Å². The monoisotopic (exact) mass is 288 g/mol. The van der Waals surface area contributed by atoms with Crippen LogP contribution in [0.4, 0.5) is 0 Å². The summed E-state index contributed by atoms with van der Waals surface area (Å²) in [4.78, 5) is 23.5. The highest BCUT2D eigenvalue weighted by molar-refractivity contribution is 5.95. The molecule has 0 amide bonds. The van der Waals surface area contributed by atoms with Gasteiger partial charge in [-0.15, -0.1) is 0 Å². The van der Waals surface area contributed by atoms with Crippen molar-refractivity contribution in [3.05, 3.63) is 46.4 Å². The first kappa shape index (κ1) is 14.8. The van der Waals surface area contributed by atoms with Crippen LogP contribution in [0.1, 0.15) is 24.2 Å². The van der Waals surface area contributed by atoms with E-state index in [9.17, 15) is 14.7 Å². The van der Waals surface area contributed by atoms with Crippen LogP contribution in [0, 0.1) is 0 Å². The van der Waals surface area contributed by atoms with Crippen LogP contribution in [-0.2, 0) is 6.54 Å².